The number of nitrogens with zero attached hydrogens (tertiary/aromatic N) is 1. The molecule has 4 aromatic rings. The third-order valence-electron chi connectivity index (χ3n) is 8.49. The number of amides is 1. The number of carbonyl (C=O) groups is 1. The maximum absolute atomic E-state index is 14.2. The molecule has 1 aliphatic carbocycles. The largest absolute Gasteiger partial charge is 0.493 e. The van der Waals surface area contributed by atoms with Crippen LogP contribution in [0.1, 0.15) is 42.4 Å². The van der Waals surface area contributed by atoms with Crippen molar-refractivity contribution in [2.45, 2.75) is 43.9 Å². The minimum atomic E-state index is -0.667. The quantitative estimate of drug-likeness (QED) is 0.174. The highest BCUT2D eigenvalue weighted by Crippen LogP contribution is 2.49. The molecule has 0 saturated carbocycles. The summed E-state index contributed by atoms with van der Waals surface area (Å²) in [6.45, 7) is 1.71. The fourth-order valence-electron chi connectivity index (χ4n) is 6.27. The first kappa shape index (κ1) is 30.2. The number of hydrogen-bond acceptors (Lipinski definition) is 7. The molecule has 1 heterocycles. The van der Waals surface area contributed by atoms with Crippen molar-refractivity contribution < 1.29 is 23.7 Å². The smallest absolute Gasteiger partial charge is 0.235 e. The van der Waals surface area contributed by atoms with Crippen LogP contribution < -0.4 is 29.6 Å². The van der Waals surface area contributed by atoms with Crippen molar-refractivity contribution in [1.29, 1.82) is 0 Å². The highest BCUT2D eigenvalue weighted by Gasteiger charge is 2.46. The molecule has 0 spiro atoms. The number of rotatable bonds is 14. The Labute approximate surface area is 253 Å². The molecule has 2 N–H and O–H groups in total. The van der Waals surface area contributed by atoms with Crippen LogP contribution in [-0.2, 0) is 23.1 Å². The summed E-state index contributed by atoms with van der Waals surface area (Å²) in [6.07, 6.45) is 6.76. The van der Waals surface area contributed by atoms with Gasteiger partial charge >= 0.3 is 0 Å². The minimum Gasteiger partial charge on any atom is -0.493 e. The van der Waals surface area contributed by atoms with Crippen LogP contribution in [0.4, 0.5) is 5.69 Å². The van der Waals surface area contributed by atoms with Gasteiger partial charge < -0.3 is 29.6 Å². The number of benzene rings is 3. The predicted octanol–water partition coefficient (Wildman–Crippen LogP) is 6.09. The van der Waals surface area contributed by atoms with E-state index in [1.54, 1.807) is 34.6 Å². The van der Waals surface area contributed by atoms with Gasteiger partial charge in [-0.25, -0.2) is 0 Å². The maximum atomic E-state index is 14.2. The van der Waals surface area contributed by atoms with Crippen molar-refractivity contribution in [2.24, 2.45) is 0 Å². The third kappa shape index (κ3) is 6.39. The van der Waals surface area contributed by atoms with Crippen LogP contribution >= 0.6 is 0 Å². The van der Waals surface area contributed by atoms with Gasteiger partial charge in [0.05, 0.1) is 39.4 Å². The summed E-state index contributed by atoms with van der Waals surface area (Å²) in [5.74, 6) is 2.91. The molecule has 0 bridgehead atoms. The molecule has 8 nitrogen and oxygen atoms in total. The molecule has 0 saturated heterocycles. The SMILES string of the molecule is COc1ccc(CCCNCCCC2(C(=O)Nc3ccc4ncccc4c3)CCc3c2ccc(OC)c3OC)cc1OC. The fraction of sp³-hybridized carbons (Fsp3) is 0.371. The molecule has 1 aromatic heterocycles. The van der Waals surface area contributed by atoms with Crippen molar-refractivity contribution >= 4 is 22.5 Å². The van der Waals surface area contributed by atoms with E-state index in [1.165, 1.54) is 5.56 Å². The molecule has 3 aromatic carbocycles. The van der Waals surface area contributed by atoms with E-state index in [2.05, 4.69) is 21.7 Å². The molecule has 1 unspecified atom stereocenters. The van der Waals surface area contributed by atoms with Crippen molar-refractivity contribution in [3.63, 3.8) is 0 Å². The van der Waals surface area contributed by atoms with Crippen LogP contribution in [0.25, 0.3) is 10.9 Å². The lowest BCUT2D eigenvalue weighted by atomic mass is 9.76. The number of pyridine rings is 1. The lowest BCUT2D eigenvalue weighted by Crippen LogP contribution is -2.39. The zero-order valence-corrected chi connectivity index (χ0v) is 25.5. The Morgan fingerprint density at radius 3 is 2.44 bits per heavy atom. The van der Waals surface area contributed by atoms with E-state index in [1.807, 2.05) is 54.6 Å². The van der Waals surface area contributed by atoms with Crippen LogP contribution in [0.3, 0.4) is 0 Å². The van der Waals surface area contributed by atoms with Gasteiger partial charge in [-0.15, -0.1) is 0 Å². The number of aryl methyl sites for hydroxylation is 1. The first-order valence-electron chi connectivity index (χ1n) is 14.8. The topological polar surface area (TPSA) is 90.9 Å². The van der Waals surface area contributed by atoms with Gasteiger partial charge in [0.25, 0.3) is 0 Å². The molecular weight excluding hydrogens is 542 g/mol. The normalized spacial score (nSPS) is 15.6. The first-order valence-corrected chi connectivity index (χ1v) is 14.8. The monoisotopic (exact) mass is 583 g/mol. The Morgan fingerprint density at radius 2 is 1.65 bits per heavy atom. The number of methoxy groups -OCH3 is 4. The molecule has 0 radical (unpaired) electrons. The number of anilines is 1. The molecular formula is C35H41N3O5. The van der Waals surface area contributed by atoms with E-state index >= 15 is 0 Å². The molecule has 0 fully saturated rings. The van der Waals surface area contributed by atoms with Gasteiger partial charge in [-0.2, -0.15) is 0 Å². The van der Waals surface area contributed by atoms with Gasteiger partial charge in [0.2, 0.25) is 5.91 Å². The summed E-state index contributed by atoms with van der Waals surface area (Å²) in [5, 5.41) is 7.82. The van der Waals surface area contributed by atoms with Crippen molar-refractivity contribution in [3.8, 4) is 23.0 Å². The van der Waals surface area contributed by atoms with Crippen LogP contribution in [0.5, 0.6) is 23.0 Å². The molecule has 0 aliphatic heterocycles. The Kier molecular flexibility index (Phi) is 9.67. The zero-order chi connectivity index (χ0) is 30.2. The van der Waals surface area contributed by atoms with Crippen LogP contribution in [0.2, 0.25) is 0 Å². The molecule has 226 valence electrons. The minimum absolute atomic E-state index is 0.00941. The van der Waals surface area contributed by atoms with E-state index in [0.717, 1.165) is 90.2 Å². The number of hydrogen-bond donors (Lipinski definition) is 2. The lowest BCUT2D eigenvalue weighted by Gasteiger charge is -2.30. The lowest BCUT2D eigenvalue weighted by molar-refractivity contribution is -0.121. The van der Waals surface area contributed by atoms with Gasteiger partial charge in [-0.3, -0.25) is 9.78 Å². The third-order valence-corrected chi connectivity index (χ3v) is 8.49. The summed E-state index contributed by atoms with van der Waals surface area (Å²) in [6, 6.07) is 19.8. The van der Waals surface area contributed by atoms with Gasteiger partial charge in [0.15, 0.2) is 23.0 Å². The molecule has 1 aliphatic rings. The fourth-order valence-corrected chi connectivity index (χ4v) is 6.27. The van der Waals surface area contributed by atoms with Crippen LogP contribution in [-0.4, -0.2) is 52.4 Å². The van der Waals surface area contributed by atoms with Crippen molar-refractivity contribution in [2.75, 3.05) is 46.8 Å². The average Bonchev–Trinajstić information content (AvgIpc) is 3.43. The Morgan fingerprint density at radius 1 is 0.860 bits per heavy atom. The zero-order valence-electron chi connectivity index (χ0n) is 25.5. The maximum Gasteiger partial charge on any atom is 0.235 e. The highest BCUT2D eigenvalue weighted by atomic mass is 16.5. The average molecular weight is 584 g/mol. The second kappa shape index (κ2) is 13.8. The summed E-state index contributed by atoms with van der Waals surface area (Å²) in [5.41, 5.74) is 4.30. The summed E-state index contributed by atoms with van der Waals surface area (Å²) in [4.78, 5) is 18.6. The first-order chi connectivity index (χ1) is 21.0. The molecule has 8 heteroatoms. The van der Waals surface area contributed by atoms with E-state index in [4.69, 9.17) is 18.9 Å². The second-order valence-electron chi connectivity index (χ2n) is 10.9. The number of aromatic nitrogens is 1. The summed E-state index contributed by atoms with van der Waals surface area (Å²) >= 11 is 0. The second-order valence-corrected chi connectivity index (χ2v) is 10.9. The standard InChI is InChI=1S/C35H41N3O5/c1-40-30-14-10-24(22-32(30)42-3)8-5-19-36-20-7-17-35(18-16-27-28(35)12-15-31(41-2)33(27)43-4)34(39)38-26-11-13-29-25(23-26)9-6-21-37-29/h6,9-15,21-23,36H,5,7-8,16-20H2,1-4H3,(H,38,39). The predicted molar refractivity (Wildman–Crippen MR) is 170 cm³/mol. The Bertz CT molecular complexity index is 1570. The van der Waals surface area contributed by atoms with E-state index < -0.39 is 5.41 Å². The highest BCUT2D eigenvalue weighted by molar-refractivity contribution is 6.01. The van der Waals surface area contributed by atoms with Crippen molar-refractivity contribution in [1.82, 2.24) is 10.3 Å². The Hall–Kier alpha value is -4.30. The van der Waals surface area contributed by atoms with Crippen LogP contribution in [0, 0.1) is 0 Å². The number of carbonyl (C=O) groups excluding carboxylic acids is 1. The van der Waals surface area contributed by atoms with E-state index in [0.29, 0.717) is 12.2 Å². The molecule has 43 heavy (non-hydrogen) atoms. The summed E-state index contributed by atoms with van der Waals surface area (Å²) < 4.78 is 22.1. The van der Waals surface area contributed by atoms with Gasteiger partial charge in [-0.05, 0) is 105 Å². The van der Waals surface area contributed by atoms with Gasteiger partial charge in [0, 0.05) is 22.8 Å². The summed E-state index contributed by atoms with van der Waals surface area (Å²) in [7, 11) is 6.61. The Balaban J connectivity index is 1.26. The van der Waals surface area contributed by atoms with E-state index in [9.17, 15) is 4.79 Å². The number of fused-ring (bicyclic) bond motifs is 2. The molecule has 1 atom stereocenters. The molecule has 5 rings (SSSR count). The van der Waals surface area contributed by atoms with Crippen LogP contribution in [0.15, 0.2) is 66.9 Å². The number of ether oxygens (including phenoxy) is 4. The molecule has 1 amide bonds. The van der Waals surface area contributed by atoms with Crippen molar-refractivity contribution in [3.05, 3.63) is 83.6 Å². The van der Waals surface area contributed by atoms with Gasteiger partial charge in [-0.1, -0.05) is 18.2 Å². The number of nitrogens with one attached hydrogen (secondary N) is 2. The van der Waals surface area contributed by atoms with Gasteiger partial charge in [0.1, 0.15) is 0 Å². The van der Waals surface area contributed by atoms with E-state index in [-0.39, 0.29) is 5.91 Å².